The number of oxazole rings is 1. The van der Waals surface area contributed by atoms with Crippen LogP contribution in [0.15, 0.2) is 16.5 Å². The molecular formula is C19H28N4O2S. The summed E-state index contributed by atoms with van der Waals surface area (Å²) in [7, 11) is 0. The van der Waals surface area contributed by atoms with Gasteiger partial charge in [-0.25, -0.2) is 9.97 Å². The normalized spacial score (nSPS) is 14.7. The summed E-state index contributed by atoms with van der Waals surface area (Å²) in [6.45, 7) is 7.50. The van der Waals surface area contributed by atoms with Crippen molar-refractivity contribution in [2.24, 2.45) is 0 Å². The third-order valence-corrected chi connectivity index (χ3v) is 4.92. The number of rotatable bonds is 8. The number of nitrogens with one attached hydrogen (secondary N) is 1. The van der Waals surface area contributed by atoms with Crippen molar-refractivity contribution in [3.8, 4) is 0 Å². The van der Waals surface area contributed by atoms with Gasteiger partial charge in [0.05, 0.1) is 24.8 Å². The third kappa shape index (κ3) is 4.92. The van der Waals surface area contributed by atoms with E-state index in [4.69, 9.17) is 14.1 Å². The second kappa shape index (κ2) is 9.28. The Morgan fingerprint density at radius 1 is 1.19 bits per heavy atom. The molecule has 1 aliphatic heterocycles. The van der Waals surface area contributed by atoms with Gasteiger partial charge in [0.25, 0.3) is 0 Å². The number of nitrogens with zero attached hydrogens (tertiary/aromatic N) is 3. The Kier molecular flexibility index (Phi) is 6.80. The minimum absolute atomic E-state index is 0.766. The molecule has 142 valence electrons. The van der Waals surface area contributed by atoms with Crippen LogP contribution in [-0.4, -0.2) is 48.4 Å². The predicted molar refractivity (Wildman–Crippen MR) is 107 cm³/mol. The molecule has 0 atom stereocenters. The summed E-state index contributed by atoms with van der Waals surface area (Å²) in [5.74, 6) is 3.56. The number of ether oxygens (including phenoxy) is 1. The molecule has 0 radical (unpaired) electrons. The number of aromatic nitrogens is 2. The van der Waals surface area contributed by atoms with Gasteiger partial charge in [-0.2, -0.15) is 0 Å². The molecule has 3 rings (SSSR count). The van der Waals surface area contributed by atoms with E-state index in [1.807, 2.05) is 6.92 Å². The van der Waals surface area contributed by atoms with Crippen LogP contribution in [0.2, 0.25) is 0 Å². The number of morpholine rings is 1. The van der Waals surface area contributed by atoms with E-state index in [0.717, 1.165) is 80.3 Å². The molecule has 6 nitrogen and oxygen atoms in total. The number of hydrogen-bond acceptors (Lipinski definition) is 7. The number of hydrogen-bond donors (Lipinski definition) is 1. The molecule has 1 aliphatic rings. The van der Waals surface area contributed by atoms with Crippen molar-refractivity contribution in [2.75, 3.05) is 48.7 Å². The van der Waals surface area contributed by atoms with Crippen LogP contribution in [-0.2, 0) is 24.0 Å². The molecule has 0 aromatic carbocycles. The summed E-state index contributed by atoms with van der Waals surface area (Å²) in [6, 6.07) is 4.32. The first-order chi connectivity index (χ1) is 12.7. The average molecular weight is 377 g/mol. The fourth-order valence-corrected chi connectivity index (χ4v) is 3.39. The molecule has 0 amide bonds. The number of aryl methyl sites for hydroxylation is 4. The lowest BCUT2D eigenvalue weighted by Crippen LogP contribution is -2.36. The fraction of sp³-hybridized carbons (Fsp3) is 0.579. The van der Waals surface area contributed by atoms with Gasteiger partial charge in [0.2, 0.25) is 0 Å². The molecule has 0 bridgehead atoms. The standard InChI is InChI=1S/C19H28N4O2S/c1-4-17-14(2)21-19(25-17)6-5-15-11-16(23-7-9-24-10-8-23)12-18(22-15)20-13-26-3/h11-12H,4-10,13H2,1-3H3,(H,20,22). The van der Waals surface area contributed by atoms with Gasteiger partial charge >= 0.3 is 0 Å². The highest BCUT2D eigenvalue weighted by atomic mass is 32.2. The van der Waals surface area contributed by atoms with E-state index in [1.54, 1.807) is 11.8 Å². The van der Waals surface area contributed by atoms with E-state index >= 15 is 0 Å². The van der Waals surface area contributed by atoms with E-state index in [1.165, 1.54) is 5.69 Å². The van der Waals surface area contributed by atoms with Gasteiger partial charge in [0, 0.05) is 43.4 Å². The van der Waals surface area contributed by atoms with Gasteiger partial charge in [-0.1, -0.05) is 6.92 Å². The molecule has 0 unspecified atom stereocenters. The van der Waals surface area contributed by atoms with Gasteiger partial charge in [-0.15, -0.1) is 11.8 Å². The summed E-state index contributed by atoms with van der Waals surface area (Å²) in [5, 5.41) is 3.39. The zero-order chi connectivity index (χ0) is 18.4. The van der Waals surface area contributed by atoms with Gasteiger partial charge in [-0.05, 0) is 25.7 Å². The van der Waals surface area contributed by atoms with Crippen molar-refractivity contribution < 1.29 is 9.15 Å². The summed E-state index contributed by atoms with van der Waals surface area (Å²) in [6.07, 6.45) is 4.54. The zero-order valence-corrected chi connectivity index (χ0v) is 16.7. The van der Waals surface area contributed by atoms with Gasteiger partial charge in [0.1, 0.15) is 11.6 Å². The van der Waals surface area contributed by atoms with E-state index < -0.39 is 0 Å². The highest BCUT2D eigenvalue weighted by molar-refractivity contribution is 7.98. The Morgan fingerprint density at radius 2 is 2.00 bits per heavy atom. The molecule has 1 N–H and O–H groups in total. The topological polar surface area (TPSA) is 63.4 Å². The summed E-state index contributed by atoms with van der Waals surface area (Å²) >= 11 is 1.75. The largest absolute Gasteiger partial charge is 0.445 e. The second-order valence-corrected chi connectivity index (χ2v) is 7.25. The zero-order valence-electron chi connectivity index (χ0n) is 15.9. The molecule has 0 saturated carbocycles. The molecular weight excluding hydrogens is 348 g/mol. The summed E-state index contributed by atoms with van der Waals surface area (Å²) in [5.41, 5.74) is 3.27. The minimum atomic E-state index is 0.766. The molecule has 1 fully saturated rings. The number of pyridine rings is 1. The van der Waals surface area contributed by atoms with Crippen molar-refractivity contribution >= 4 is 23.3 Å². The van der Waals surface area contributed by atoms with Gasteiger partial charge in [0.15, 0.2) is 5.89 Å². The Labute approximate surface area is 159 Å². The lowest BCUT2D eigenvalue weighted by Gasteiger charge is -2.29. The smallest absolute Gasteiger partial charge is 0.195 e. The van der Waals surface area contributed by atoms with E-state index in [0.29, 0.717) is 0 Å². The second-order valence-electron chi connectivity index (χ2n) is 6.38. The van der Waals surface area contributed by atoms with Crippen molar-refractivity contribution in [2.45, 2.75) is 33.1 Å². The molecule has 3 heterocycles. The molecule has 7 heteroatoms. The first kappa shape index (κ1) is 19.0. The Hall–Kier alpha value is -1.73. The van der Waals surface area contributed by atoms with Crippen LogP contribution in [0.25, 0.3) is 0 Å². The highest BCUT2D eigenvalue weighted by Crippen LogP contribution is 2.22. The summed E-state index contributed by atoms with van der Waals surface area (Å²) < 4.78 is 11.3. The Morgan fingerprint density at radius 3 is 2.69 bits per heavy atom. The molecule has 2 aromatic heterocycles. The lowest BCUT2D eigenvalue weighted by molar-refractivity contribution is 0.122. The SMILES string of the molecule is CCc1oc(CCc2cc(N3CCOCC3)cc(NCSC)n2)nc1C. The number of thioether (sulfide) groups is 1. The van der Waals surface area contributed by atoms with Crippen LogP contribution in [0.5, 0.6) is 0 Å². The van der Waals surface area contributed by atoms with Crippen molar-refractivity contribution in [3.05, 3.63) is 35.2 Å². The molecule has 1 saturated heterocycles. The van der Waals surface area contributed by atoms with E-state index in [2.05, 4.69) is 40.5 Å². The van der Waals surface area contributed by atoms with Crippen LogP contribution in [0.3, 0.4) is 0 Å². The summed E-state index contributed by atoms with van der Waals surface area (Å²) in [4.78, 5) is 11.7. The average Bonchev–Trinajstić information content (AvgIpc) is 3.05. The minimum Gasteiger partial charge on any atom is -0.445 e. The fourth-order valence-electron chi connectivity index (χ4n) is 3.10. The maximum absolute atomic E-state index is 5.84. The molecule has 0 spiro atoms. The van der Waals surface area contributed by atoms with Gasteiger partial charge in [-0.3, -0.25) is 0 Å². The van der Waals surface area contributed by atoms with Crippen LogP contribution < -0.4 is 10.2 Å². The first-order valence-electron chi connectivity index (χ1n) is 9.21. The quantitative estimate of drug-likeness (QED) is 0.709. The molecule has 26 heavy (non-hydrogen) atoms. The van der Waals surface area contributed by atoms with E-state index in [-0.39, 0.29) is 0 Å². The lowest BCUT2D eigenvalue weighted by atomic mass is 10.2. The van der Waals surface area contributed by atoms with Crippen LogP contribution in [0.4, 0.5) is 11.5 Å². The van der Waals surface area contributed by atoms with Crippen LogP contribution in [0, 0.1) is 6.92 Å². The van der Waals surface area contributed by atoms with E-state index in [9.17, 15) is 0 Å². The highest BCUT2D eigenvalue weighted by Gasteiger charge is 2.14. The third-order valence-electron chi connectivity index (χ3n) is 4.49. The monoisotopic (exact) mass is 376 g/mol. The molecule has 2 aromatic rings. The maximum Gasteiger partial charge on any atom is 0.195 e. The van der Waals surface area contributed by atoms with Crippen LogP contribution in [0.1, 0.15) is 30.0 Å². The Bertz CT molecular complexity index is 714. The van der Waals surface area contributed by atoms with Crippen LogP contribution >= 0.6 is 11.8 Å². The molecule has 0 aliphatic carbocycles. The maximum atomic E-state index is 5.84. The van der Waals surface area contributed by atoms with Crippen molar-refractivity contribution in [3.63, 3.8) is 0 Å². The van der Waals surface area contributed by atoms with Gasteiger partial charge < -0.3 is 19.4 Å². The first-order valence-corrected chi connectivity index (χ1v) is 10.6. The van der Waals surface area contributed by atoms with Crippen molar-refractivity contribution in [1.29, 1.82) is 0 Å². The number of anilines is 2. The Balaban J connectivity index is 1.75. The van der Waals surface area contributed by atoms with Crippen molar-refractivity contribution in [1.82, 2.24) is 9.97 Å². The predicted octanol–water partition coefficient (Wildman–Crippen LogP) is 3.29.